The highest BCUT2D eigenvalue weighted by Crippen LogP contribution is 2.23. The summed E-state index contributed by atoms with van der Waals surface area (Å²) in [4.78, 5) is 2.31. The minimum Gasteiger partial charge on any atom is -0.496 e. The Morgan fingerprint density at radius 3 is 2.53 bits per heavy atom. The fourth-order valence-corrected chi connectivity index (χ4v) is 1.50. The second kappa shape index (κ2) is 5.17. The molecule has 0 saturated heterocycles. The second-order valence-electron chi connectivity index (χ2n) is 4.26. The van der Waals surface area contributed by atoms with Crippen molar-refractivity contribution >= 4 is 0 Å². The zero-order chi connectivity index (χ0) is 11.4. The molecule has 2 nitrogen and oxygen atoms in total. The lowest BCUT2D eigenvalue weighted by Gasteiger charge is -2.23. The molecule has 1 rings (SSSR count). The van der Waals surface area contributed by atoms with Crippen molar-refractivity contribution in [1.29, 1.82) is 0 Å². The van der Waals surface area contributed by atoms with Gasteiger partial charge >= 0.3 is 0 Å². The first-order valence-corrected chi connectivity index (χ1v) is 5.39. The largest absolute Gasteiger partial charge is 0.496 e. The van der Waals surface area contributed by atoms with Crippen molar-refractivity contribution in [3.63, 3.8) is 0 Å². The van der Waals surface area contributed by atoms with E-state index in [0.717, 1.165) is 12.3 Å². The van der Waals surface area contributed by atoms with Crippen LogP contribution in [0.3, 0.4) is 0 Å². The van der Waals surface area contributed by atoms with Crippen LogP contribution in [0.4, 0.5) is 0 Å². The quantitative estimate of drug-likeness (QED) is 0.752. The smallest absolute Gasteiger partial charge is 0.123 e. The van der Waals surface area contributed by atoms with Crippen LogP contribution in [0.2, 0.25) is 0 Å². The van der Waals surface area contributed by atoms with Gasteiger partial charge in [-0.15, -0.1) is 0 Å². The van der Waals surface area contributed by atoms with Crippen LogP contribution in [0.15, 0.2) is 18.2 Å². The van der Waals surface area contributed by atoms with Crippen molar-refractivity contribution in [2.24, 2.45) is 0 Å². The number of nitrogens with zero attached hydrogens (tertiary/aromatic N) is 1. The number of aryl methyl sites for hydroxylation is 1. The van der Waals surface area contributed by atoms with Gasteiger partial charge < -0.3 is 4.74 Å². The first kappa shape index (κ1) is 12.1. The van der Waals surface area contributed by atoms with Crippen LogP contribution in [-0.2, 0) is 6.54 Å². The predicted octanol–water partition coefficient (Wildman–Crippen LogP) is 2.84. The van der Waals surface area contributed by atoms with Gasteiger partial charge in [0.2, 0.25) is 0 Å². The molecule has 0 aliphatic rings. The van der Waals surface area contributed by atoms with Gasteiger partial charge in [0.1, 0.15) is 5.75 Å². The Bertz CT molecular complexity index is 320. The van der Waals surface area contributed by atoms with E-state index >= 15 is 0 Å². The van der Waals surface area contributed by atoms with E-state index in [9.17, 15) is 0 Å². The summed E-state index contributed by atoms with van der Waals surface area (Å²) < 4.78 is 5.38. The SMILES string of the molecule is COc1cccc(C)c1CN(C)C(C)C. The van der Waals surface area contributed by atoms with Crippen LogP contribution in [0.5, 0.6) is 5.75 Å². The lowest BCUT2D eigenvalue weighted by atomic mass is 10.1. The molecule has 0 aromatic heterocycles. The van der Waals surface area contributed by atoms with Crippen LogP contribution < -0.4 is 4.74 Å². The van der Waals surface area contributed by atoms with E-state index in [0.29, 0.717) is 6.04 Å². The van der Waals surface area contributed by atoms with E-state index in [1.54, 1.807) is 7.11 Å². The van der Waals surface area contributed by atoms with Crippen molar-refractivity contribution in [3.05, 3.63) is 29.3 Å². The summed E-state index contributed by atoms with van der Waals surface area (Å²) >= 11 is 0. The summed E-state index contributed by atoms with van der Waals surface area (Å²) in [5, 5.41) is 0. The van der Waals surface area contributed by atoms with E-state index in [4.69, 9.17) is 4.74 Å². The van der Waals surface area contributed by atoms with Gasteiger partial charge in [0.25, 0.3) is 0 Å². The Kier molecular flexibility index (Phi) is 4.15. The lowest BCUT2D eigenvalue weighted by Crippen LogP contribution is -2.26. The summed E-state index contributed by atoms with van der Waals surface area (Å²) in [5.41, 5.74) is 2.58. The molecule has 84 valence electrons. The number of methoxy groups -OCH3 is 1. The molecule has 0 atom stereocenters. The van der Waals surface area contributed by atoms with E-state index < -0.39 is 0 Å². The Morgan fingerprint density at radius 1 is 1.33 bits per heavy atom. The van der Waals surface area contributed by atoms with Crippen molar-refractivity contribution in [3.8, 4) is 5.75 Å². The third kappa shape index (κ3) is 2.96. The molecule has 15 heavy (non-hydrogen) atoms. The molecule has 0 aliphatic carbocycles. The summed E-state index contributed by atoms with van der Waals surface area (Å²) in [5.74, 6) is 0.988. The van der Waals surface area contributed by atoms with Crippen molar-refractivity contribution in [1.82, 2.24) is 4.90 Å². The van der Waals surface area contributed by atoms with Crippen molar-refractivity contribution in [2.75, 3.05) is 14.2 Å². The average molecular weight is 207 g/mol. The molecule has 0 saturated carbocycles. The minimum absolute atomic E-state index is 0.550. The van der Waals surface area contributed by atoms with Gasteiger partial charge in [-0.3, -0.25) is 4.90 Å². The van der Waals surface area contributed by atoms with E-state index in [2.05, 4.69) is 38.8 Å². The molecule has 0 amide bonds. The van der Waals surface area contributed by atoms with Crippen LogP contribution in [0.1, 0.15) is 25.0 Å². The average Bonchev–Trinajstić information content (AvgIpc) is 2.20. The van der Waals surface area contributed by atoms with Gasteiger partial charge in [-0.25, -0.2) is 0 Å². The molecular weight excluding hydrogens is 186 g/mol. The first-order chi connectivity index (χ1) is 7.06. The lowest BCUT2D eigenvalue weighted by molar-refractivity contribution is 0.260. The standard InChI is InChI=1S/C13H21NO/c1-10(2)14(4)9-12-11(3)7-6-8-13(12)15-5/h6-8,10H,9H2,1-5H3. The molecular formula is C13H21NO. The Balaban J connectivity index is 2.92. The normalized spacial score (nSPS) is 11.1. The maximum absolute atomic E-state index is 5.38. The number of ether oxygens (including phenoxy) is 1. The van der Waals surface area contributed by atoms with E-state index in [-0.39, 0.29) is 0 Å². The van der Waals surface area contributed by atoms with Gasteiger partial charge in [0, 0.05) is 18.2 Å². The topological polar surface area (TPSA) is 12.5 Å². The summed E-state index contributed by atoms with van der Waals surface area (Å²) in [6.45, 7) is 7.47. The minimum atomic E-state index is 0.550. The fourth-order valence-electron chi connectivity index (χ4n) is 1.50. The van der Waals surface area contributed by atoms with Crippen LogP contribution in [-0.4, -0.2) is 25.1 Å². The summed E-state index contributed by atoms with van der Waals surface area (Å²) in [6, 6.07) is 6.74. The van der Waals surface area contributed by atoms with Crippen LogP contribution in [0, 0.1) is 6.92 Å². The van der Waals surface area contributed by atoms with Gasteiger partial charge in [0.05, 0.1) is 7.11 Å². The van der Waals surface area contributed by atoms with Gasteiger partial charge in [-0.2, -0.15) is 0 Å². The second-order valence-corrected chi connectivity index (χ2v) is 4.26. The monoisotopic (exact) mass is 207 g/mol. The predicted molar refractivity (Wildman–Crippen MR) is 64.3 cm³/mol. The van der Waals surface area contributed by atoms with Crippen molar-refractivity contribution < 1.29 is 4.74 Å². The molecule has 0 aliphatic heterocycles. The van der Waals surface area contributed by atoms with Crippen LogP contribution >= 0.6 is 0 Å². The van der Waals surface area contributed by atoms with E-state index in [1.165, 1.54) is 11.1 Å². The molecule has 0 heterocycles. The maximum Gasteiger partial charge on any atom is 0.123 e. The molecule has 0 fully saturated rings. The molecule has 0 N–H and O–H groups in total. The van der Waals surface area contributed by atoms with Gasteiger partial charge in [-0.05, 0) is 39.4 Å². The zero-order valence-electron chi connectivity index (χ0n) is 10.4. The molecule has 1 aromatic rings. The number of benzene rings is 1. The molecule has 0 bridgehead atoms. The number of rotatable bonds is 4. The highest BCUT2D eigenvalue weighted by molar-refractivity contribution is 5.39. The Hall–Kier alpha value is -1.02. The first-order valence-electron chi connectivity index (χ1n) is 5.39. The fraction of sp³-hybridized carbons (Fsp3) is 0.538. The molecule has 2 heteroatoms. The van der Waals surface area contributed by atoms with Gasteiger partial charge in [-0.1, -0.05) is 12.1 Å². The van der Waals surface area contributed by atoms with Crippen LogP contribution in [0.25, 0.3) is 0 Å². The molecule has 0 unspecified atom stereocenters. The van der Waals surface area contributed by atoms with Crippen molar-refractivity contribution in [2.45, 2.75) is 33.4 Å². The van der Waals surface area contributed by atoms with Gasteiger partial charge in [0.15, 0.2) is 0 Å². The zero-order valence-corrected chi connectivity index (χ0v) is 10.4. The molecule has 0 spiro atoms. The summed E-state index contributed by atoms with van der Waals surface area (Å²) in [6.07, 6.45) is 0. The van der Waals surface area contributed by atoms with E-state index in [1.807, 2.05) is 12.1 Å². The number of hydrogen-bond acceptors (Lipinski definition) is 2. The number of hydrogen-bond donors (Lipinski definition) is 0. The maximum atomic E-state index is 5.38. The molecule has 1 aromatic carbocycles. The summed E-state index contributed by atoms with van der Waals surface area (Å²) in [7, 11) is 3.87. The third-order valence-electron chi connectivity index (χ3n) is 2.88. The Labute approximate surface area is 92.9 Å². The third-order valence-corrected chi connectivity index (χ3v) is 2.88. The highest BCUT2D eigenvalue weighted by atomic mass is 16.5. The molecule has 0 radical (unpaired) electrons. The Morgan fingerprint density at radius 2 is 2.00 bits per heavy atom. The highest BCUT2D eigenvalue weighted by Gasteiger charge is 2.10.